The van der Waals surface area contributed by atoms with Crippen molar-refractivity contribution in [1.29, 1.82) is 0 Å². The van der Waals surface area contributed by atoms with E-state index in [4.69, 9.17) is 4.74 Å². The second-order valence-electron chi connectivity index (χ2n) is 4.51. The first-order chi connectivity index (χ1) is 8.36. The number of rotatable bonds is 2. The van der Waals surface area contributed by atoms with Gasteiger partial charge in [0.05, 0.1) is 22.9 Å². The first-order valence-corrected chi connectivity index (χ1v) is 7.02. The van der Waals surface area contributed by atoms with Gasteiger partial charge in [-0.2, -0.15) is 0 Å². The van der Waals surface area contributed by atoms with E-state index in [1.54, 1.807) is 0 Å². The van der Waals surface area contributed by atoms with E-state index in [9.17, 15) is 0 Å². The van der Waals surface area contributed by atoms with Crippen LogP contribution >= 0.6 is 22.9 Å². The van der Waals surface area contributed by atoms with Crippen molar-refractivity contribution in [2.24, 2.45) is 0 Å². The van der Waals surface area contributed by atoms with Crippen LogP contribution < -0.4 is 3.53 Å². The van der Waals surface area contributed by atoms with Gasteiger partial charge in [0.2, 0.25) is 0 Å². The lowest BCUT2D eigenvalue weighted by Crippen LogP contribution is -2.13. The Balaban J connectivity index is 1.94. The summed E-state index contributed by atoms with van der Waals surface area (Å²) in [6, 6.07) is 8.87. The van der Waals surface area contributed by atoms with E-state index >= 15 is 0 Å². The third-order valence-electron chi connectivity index (χ3n) is 3.44. The van der Waals surface area contributed by atoms with Gasteiger partial charge in [-0.3, -0.25) is 0 Å². The molecule has 0 atom stereocenters. The molecule has 17 heavy (non-hydrogen) atoms. The van der Waals surface area contributed by atoms with Crippen LogP contribution in [0.4, 0.5) is 5.82 Å². The van der Waals surface area contributed by atoms with E-state index in [0.29, 0.717) is 5.92 Å². The highest BCUT2D eigenvalue weighted by atomic mass is 127. The van der Waals surface area contributed by atoms with Gasteiger partial charge in [-0.1, -0.05) is 12.1 Å². The molecule has 0 amide bonds. The minimum absolute atomic E-state index is 0.660. The number of halogens is 1. The van der Waals surface area contributed by atoms with Crippen molar-refractivity contribution in [1.82, 2.24) is 4.98 Å². The summed E-state index contributed by atoms with van der Waals surface area (Å²) < 4.78 is 8.52. The predicted molar refractivity (Wildman–Crippen MR) is 78.7 cm³/mol. The molecule has 0 saturated carbocycles. The van der Waals surface area contributed by atoms with Crippen LogP contribution in [0.25, 0.3) is 10.9 Å². The summed E-state index contributed by atoms with van der Waals surface area (Å²) in [6.45, 7) is 1.79. The minimum Gasteiger partial charge on any atom is -0.381 e. The lowest BCUT2D eigenvalue weighted by Gasteiger charge is -2.22. The number of aromatic nitrogens is 1. The number of ether oxygens (including phenoxy) is 1. The first-order valence-electron chi connectivity index (χ1n) is 5.94. The van der Waals surface area contributed by atoms with Gasteiger partial charge in [-0.05, 0) is 36.5 Å². The molecule has 1 fully saturated rings. The van der Waals surface area contributed by atoms with Crippen LogP contribution in [0.3, 0.4) is 0 Å². The molecular formula is C13H15IN2O. The summed E-state index contributed by atoms with van der Waals surface area (Å²) in [5.41, 5.74) is 2.65. The zero-order chi connectivity index (χ0) is 11.7. The molecule has 0 aliphatic carbocycles. The Morgan fingerprint density at radius 3 is 2.82 bits per heavy atom. The molecule has 2 aromatic rings. The van der Waals surface area contributed by atoms with Crippen molar-refractivity contribution in [2.45, 2.75) is 18.8 Å². The summed E-state index contributed by atoms with van der Waals surface area (Å²) >= 11 is 2.14. The van der Waals surface area contributed by atoms with E-state index in [2.05, 4.69) is 55.6 Å². The highest BCUT2D eigenvalue weighted by Crippen LogP contribution is 2.30. The standard InChI is InChI=1S/C13H15IN2O/c14-16-13-8-11-2-1-10(7-12(11)15-13)9-3-5-17-6-4-9/h1-2,7-9,15-16H,3-6H2. The van der Waals surface area contributed by atoms with Gasteiger partial charge in [-0.15, -0.1) is 0 Å². The van der Waals surface area contributed by atoms with E-state index in [1.165, 1.54) is 16.5 Å². The molecule has 0 bridgehead atoms. The van der Waals surface area contributed by atoms with E-state index in [-0.39, 0.29) is 0 Å². The molecule has 1 aromatic heterocycles. The minimum atomic E-state index is 0.660. The van der Waals surface area contributed by atoms with Crippen molar-refractivity contribution < 1.29 is 4.74 Å². The second-order valence-corrected chi connectivity index (χ2v) is 5.05. The monoisotopic (exact) mass is 342 g/mol. The van der Waals surface area contributed by atoms with Gasteiger partial charge in [0.15, 0.2) is 0 Å². The Morgan fingerprint density at radius 1 is 1.24 bits per heavy atom. The van der Waals surface area contributed by atoms with E-state index in [1.807, 2.05) is 0 Å². The van der Waals surface area contributed by atoms with Crippen LogP contribution in [0.2, 0.25) is 0 Å². The molecule has 3 nitrogen and oxygen atoms in total. The molecule has 0 radical (unpaired) electrons. The van der Waals surface area contributed by atoms with E-state index in [0.717, 1.165) is 31.9 Å². The maximum atomic E-state index is 5.41. The molecule has 90 valence electrons. The fourth-order valence-electron chi connectivity index (χ4n) is 2.48. The number of anilines is 1. The zero-order valence-electron chi connectivity index (χ0n) is 9.50. The van der Waals surface area contributed by atoms with Crippen molar-refractivity contribution >= 4 is 39.6 Å². The van der Waals surface area contributed by atoms with Gasteiger partial charge in [0, 0.05) is 24.1 Å². The smallest absolute Gasteiger partial charge is 0.113 e. The summed E-state index contributed by atoms with van der Waals surface area (Å²) in [5.74, 6) is 1.72. The predicted octanol–water partition coefficient (Wildman–Crippen LogP) is 3.82. The number of H-pyrrole nitrogens is 1. The topological polar surface area (TPSA) is 37.0 Å². The Hall–Kier alpha value is -0.750. The molecule has 3 rings (SSSR count). The summed E-state index contributed by atoms with van der Waals surface area (Å²) in [5, 5.41) is 1.26. The Kier molecular flexibility index (Phi) is 3.24. The molecule has 0 unspecified atom stereocenters. The number of nitrogens with one attached hydrogen (secondary N) is 2. The number of aromatic amines is 1. The maximum Gasteiger partial charge on any atom is 0.113 e. The molecular weight excluding hydrogens is 327 g/mol. The highest BCUT2D eigenvalue weighted by Gasteiger charge is 2.16. The molecule has 2 heterocycles. The number of fused-ring (bicyclic) bond motifs is 1. The van der Waals surface area contributed by atoms with Crippen LogP contribution in [0.1, 0.15) is 24.3 Å². The van der Waals surface area contributed by atoms with Crippen LogP contribution in [-0.2, 0) is 4.74 Å². The molecule has 2 N–H and O–H groups in total. The van der Waals surface area contributed by atoms with Crippen molar-refractivity contribution in [3.05, 3.63) is 29.8 Å². The van der Waals surface area contributed by atoms with Crippen molar-refractivity contribution in [3.8, 4) is 0 Å². The molecule has 1 aliphatic rings. The Labute approximate surface area is 114 Å². The van der Waals surface area contributed by atoms with Crippen LogP contribution in [0.15, 0.2) is 24.3 Å². The van der Waals surface area contributed by atoms with Crippen LogP contribution in [-0.4, -0.2) is 18.2 Å². The fourth-order valence-corrected chi connectivity index (χ4v) is 2.77. The number of hydrogen-bond donors (Lipinski definition) is 2. The largest absolute Gasteiger partial charge is 0.381 e. The van der Waals surface area contributed by atoms with E-state index < -0.39 is 0 Å². The average Bonchev–Trinajstić information content (AvgIpc) is 2.81. The second kappa shape index (κ2) is 4.86. The third-order valence-corrected chi connectivity index (χ3v) is 4.02. The molecule has 1 aliphatic heterocycles. The quantitative estimate of drug-likeness (QED) is 0.643. The summed E-state index contributed by atoms with van der Waals surface area (Å²) in [6.07, 6.45) is 2.28. The van der Waals surface area contributed by atoms with Crippen LogP contribution in [0.5, 0.6) is 0 Å². The van der Waals surface area contributed by atoms with Gasteiger partial charge < -0.3 is 13.3 Å². The summed E-state index contributed by atoms with van der Waals surface area (Å²) in [7, 11) is 0. The van der Waals surface area contributed by atoms with Gasteiger partial charge in [0.25, 0.3) is 0 Å². The van der Waals surface area contributed by atoms with Gasteiger partial charge in [-0.25, -0.2) is 0 Å². The lowest BCUT2D eigenvalue weighted by molar-refractivity contribution is 0.0853. The van der Waals surface area contributed by atoms with Gasteiger partial charge >= 0.3 is 0 Å². The lowest BCUT2D eigenvalue weighted by atomic mass is 9.91. The fraction of sp³-hybridized carbons (Fsp3) is 0.385. The molecule has 0 spiro atoms. The molecule has 4 heteroatoms. The Bertz CT molecular complexity index is 517. The highest BCUT2D eigenvalue weighted by molar-refractivity contribution is 14.1. The summed E-state index contributed by atoms with van der Waals surface area (Å²) in [4.78, 5) is 3.37. The van der Waals surface area contributed by atoms with Crippen LogP contribution in [0, 0.1) is 0 Å². The maximum absolute atomic E-state index is 5.41. The number of benzene rings is 1. The van der Waals surface area contributed by atoms with Crippen molar-refractivity contribution in [3.63, 3.8) is 0 Å². The van der Waals surface area contributed by atoms with Crippen molar-refractivity contribution in [2.75, 3.05) is 16.7 Å². The first kappa shape index (κ1) is 11.3. The third kappa shape index (κ3) is 2.28. The van der Waals surface area contributed by atoms with Gasteiger partial charge in [0.1, 0.15) is 5.82 Å². The Morgan fingerprint density at radius 2 is 2.06 bits per heavy atom. The SMILES string of the molecule is INc1cc2ccc(C3CCOCC3)cc2[nH]1. The molecule has 1 aromatic carbocycles. The molecule has 1 saturated heterocycles. The number of hydrogen-bond acceptors (Lipinski definition) is 2. The average molecular weight is 342 g/mol. The normalized spacial score (nSPS) is 17.5. The zero-order valence-corrected chi connectivity index (χ0v) is 11.7.